The Morgan fingerprint density at radius 1 is 1.03 bits per heavy atom. The second-order valence-corrected chi connectivity index (χ2v) is 10.9. The molecule has 1 amide bonds. The first kappa shape index (κ1) is 26.0. The zero-order chi connectivity index (χ0) is 26.8. The predicted molar refractivity (Wildman–Crippen MR) is 148 cm³/mol. The summed E-state index contributed by atoms with van der Waals surface area (Å²) >= 11 is 1.34. The highest BCUT2D eigenvalue weighted by atomic mass is 32.1. The van der Waals surface area contributed by atoms with Crippen molar-refractivity contribution in [2.45, 2.75) is 38.6 Å². The minimum atomic E-state index is -0.823. The third-order valence-corrected chi connectivity index (χ3v) is 8.11. The molecule has 0 unspecified atom stereocenters. The molecule has 2 aromatic heterocycles. The fourth-order valence-corrected chi connectivity index (χ4v) is 5.84. The number of aryl methyl sites for hydroxylation is 2. The number of aromatic nitrogens is 2. The molecule has 4 aromatic rings. The number of pyridine rings is 1. The highest BCUT2D eigenvalue weighted by Gasteiger charge is 2.25. The summed E-state index contributed by atoms with van der Waals surface area (Å²) in [4.78, 5) is 24.8. The van der Waals surface area contributed by atoms with E-state index in [4.69, 9.17) is 0 Å². The molecule has 0 saturated carbocycles. The fourth-order valence-electron chi connectivity index (χ4n) is 4.98. The second kappa shape index (κ2) is 11.0. The standard InChI is InChI=1S/C30H31FN4O2S/c1-18-14-23(21-6-4-20(5-7-21)22-10-12-35(3)13-11-22)15-26(32-18)29(37)34-28(30-33-19(2)17-38-30)25-16-24(31)8-9-27(25)36/h4-9,14-17,22,28,36H,10-13H2,1-3H3,(H,34,37)/t28-/m1/s1. The minimum Gasteiger partial charge on any atom is -0.508 e. The molecule has 1 saturated heterocycles. The van der Waals surface area contributed by atoms with Gasteiger partial charge in [0.15, 0.2) is 0 Å². The maximum atomic E-state index is 14.1. The molecule has 3 heterocycles. The van der Waals surface area contributed by atoms with Crippen LogP contribution in [0.2, 0.25) is 0 Å². The number of piperidine rings is 1. The lowest BCUT2D eigenvalue weighted by atomic mass is 9.88. The van der Waals surface area contributed by atoms with E-state index in [2.05, 4.69) is 51.5 Å². The molecule has 1 aliphatic rings. The Labute approximate surface area is 226 Å². The predicted octanol–water partition coefficient (Wildman–Crippen LogP) is 6.00. The molecule has 1 aliphatic heterocycles. The van der Waals surface area contributed by atoms with Crippen molar-refractivity contribution in [3.05, 3.63) is 99.0 Å². The zero-order valence-corrected chi connectivity index (χ0v) is 22.6. The van der Waals surface area contributed by atoms with Crippen molar-refractivity contribution in [1.29, 1.82) is 0 Å². The first-order valence-corrected chi connectivity index (χ1v) is 13.6. The van der Waals surface area contributed by atoms with E-state index < -0.39 is 17.8 Å². The first-order chi connectivity index (χ1) is 18.3. The molecule has 5 rings (SSSR count). The van der Waals surface area contributed by atoms with E-state index in [-0.39, 0.29) is 17.0 Å². The van der Waals surface area contributed by atoms with Crippen molar-refractivity contribution in [2.24, 2.45) is 0 Å². The van der Waals surface area contributed by atoms with Crippen molar-refractivity contribution < 1.29 is 14.3 Å². The summed E-state index contributed by atoms with van der Waals surface area (Å²) in [5.74, 6) is -0.483. The number of thiazole rings is 1. The zero-order valence-electron chi connectivity index (χ0n) is 21.7. The van der Waals surface area contributed by atoms with Crippen molar-refractivity contribution in [1.82, 2.24) is 20.2 Å². The van der Waals surface area contributed by atoms with Gasteiger partial charge in [-0.25, -0.2) is 14.4 Å². The molecule has 196 valence electrons. The molecule has 0 radical (unpaired) electrons. The number of nitrogens with zero attached hydrogens (tertiary/aromatic N) is 3. The summed E-state index contributed by atoms with van der Waals surface area (Å²) < 4.78 is 14.1. The molecule has 0 aliphatic carbocycles. The number of hydrogen-bond donors (Lipinski definition) is 2. The Morgan fingerprint density at radius 3 is 2.45 bits per heavy atom. The average Bonchev–Trinajstić information content (AvgIpc) is 3.34. The van der Waals surface area contributed by atoms with Crippen LogP contribution in [0.1, 0.15) is 62.8 Å². The summed E-state index contributed by atoms with van der Waals surface area (Å²) in [6.45, 7) is 5.93. The van der Waals surface area contributed by atoms with Gasteiger partial charge in [-0.15, -0.1) is 11.3 Å². The molecular weight excluding hydrogens is 499 g/mol. The third-order valence-electron chi connectivity index (χ3n) is 7.08. The number of phenols is 1. The van der Waals surface area contributed by atoms with Gasteiger partial charge < -0.3 is 15.3 Å². The van der Waals surface area contributed by atoms with Crippen LogP contribution in [0.5, 0.6) is 5.75 Å². The molecule has 2 N–H and O–H groups in total. The van der Waals surface area contributed by atoms with E-state index in [0.29, 0.717) is 16.6 Å². The number of rotatable bonds is 6. The maximum absolute atomic E-state index is 14.1. The number of phenolic OH excluding ortho intramolecular Hbond substituents is 1. The second-order valence-electron chi connectivity index (χ2n) is 10.0. The van der Waals surface area contributed by atoms with E-state index >= 15 is 0 Å². The lowest BCUT2D eigenvalue weighted by Crippen LogP contribution is -2.30. The van der Waals surface area contributed by atoms with Crippen LogP contribution in [0, 0.1) is 19.7 Å². The van der Waals surface area contributed by atoms with Gasteiger partial charge in [0, 0.05) is 22.3 Å². The Bertz CT molecular complexity index is 1450. The Kier molecular flexibility index (Phi) is 7.53. The van der Waals surface area contributed by atoms with Crippen LogP contribution in [-0.2, 0) is 0 Å². The van der Waals surface area contributed by atoms with Crippen molar-refractivity contribution in [3.63, 3.8) is 0 Å². The van der Waals surface area contributed by atoms with Crippen LogP contribution in [0.4, 0.5) is 4.39 Å². The number of aromatic hydroxyl groups is 1. The van der Waals surface area contributed by atoms with Crippen LogP contribution in [0.25, 0.3) is 11.1 Å². The largest absolute Gasteiger partial charge is 0.508 e. The number of likely N-dealkylation sites (tertiary alicyclic amines) is 1. The van der Waals surface area contributed by atoms with E-state index in [1.165, 1.54) is 35.1 Å². The number of carbonyl (C=O) groups is 1. The Morgan fingerprint density at radius 2 is 1.76 bits per heavy atom. The number of nitrogens with one attached hydrogen (secondary N) is 1. The van der Waals surface area contributed by atoms with Gasteiger partial charge in [-0.1, -0.05) is 24.3 Å². The molecule has 6 nitrogen and oxygen atoms in total. The van der Waals surface area contributed by atoms with Gasteiger partial charge in [0.1, 0.15) is 28.3 Å². The van der Waals surface area contributed by atoms with Crippen molar-refractivity contribution in [3.8, 4) is 16.9 Å². The van der Waals surface area contributed by atoms with E-state index in [1.54, 1.807) is 6.07 Å². The number of halogens is 1. The number of amides is 1. The van der Waals surface area contributed by atoms with Crippen LogP contribution < -0.4 is 5.32 Å². The highest BCUT2D eigenvalue weighted by molar-refractivity contribution is 7.09. The lowest BCUT2D eigenvalue weighted by molar-refractivity contribution is 0.0937. The average molecular weight is 531 g/mol. The van der Waals surface area contributed by atoms with Crippen LogP contribution in [0.15, 0.2) is 60.0 Å². The summed E-state index contributed by atoms with van der Waals surface area (Å²) in [6.07, 6.45) is 2.32. The molecule has 0 spiro atoms. The number of hydrogen-bond acceptors (Lipinski definition) is 6. The van der Waals surface area contributed by atoms with E-state index in [1.807, 2.05) is 25.3 Å². The third kappa shape index (κ3) is 5.76. The monoisotopic (exact) mass is 530 g/mol. The lowest BCUT2D eigenvalue weighted by Gasteiger charge is -2.29. The van der Waals surface area contributed by atoms with Crippen LogP contribution in [-0.4, -0.2) is 46.0 Å². The van der Waals surface area contributed by atoms with Gasteiger partial charge in [0.05, 0.1) is 0 Å². The molecule has 1 atom stereocenters. The van der Waals surface area contributed by atoms with E-state index in [0.717, 1.165) is 42.8 Å². The maximum Gasteiger partial charge on any atom is 0.270 e. The highest BCUT2D eigenvalue weighted by Crippen LogP contribution is 2.33. The van der Waals surface area contributed by atoms with Crippen LogP contribution in [0.3, 0.4) is 0 Å². The number of carbonyl (C=O) groups excluding carboxylic acids is 1. The topological polar surface area (TPSA) is 78.4 Å². The smallest absolute Gasteiger partial charge is 0.270 e. The molecular formula is C30H31FN4O2S. The first-order valence-electron chi connectivity index (χ1n) is 12.8. The Balaban J connectivity index is 1.41. The summed E-state index contributed by atoms with van der Waals surface area (Å²) in [5, 5.41) is 15.8. The number of benzene rings is 2. The van der Waals surface area contributed by atoms with Gasteiger partial charge in [-0.3, -0.25) is 4.79 Å². The summed E-state index contributed by atoms with van der Waals surface area (Å²) in [5.41, 5.74) is 5.23. The van der Waals surface area contributed by atoms with Gasteiger partial charge in [-0.05, 0) is 99.8 Å². The van der Waals surface area contributed by atoms with Gasteiger partial charge in [0.25, 0.3) is 5.91 Å². The van der Waals surface area contributed by atoms with Gasteiger partial charge >= 0.3 is 0 Å². The summed E-state index contributed by atoms with van der Waals surface area (Å²) in [7, 11) is 2.17. The van der Waals surface area contributed by atoms with Crippen LogP contribution >= 0.6 is 11.3 Å². The Hall–Kier alpha value is -3.62. The summed E-state index contributed by atoms with van der Waals surface area (Å²) in [6, 6.07) is 15.2. The fraction of sp³-hybridized carbons (Fsp3) is 0.300. The molecule has 38 heavy (non-hydrogen) atoms. The van der Waals surface area contributed by atoms with Crippen molar-refractivity contribution >= 4 is 17.2 Å². The van der Waals surface area contributed by atoms with Crippen molar-refractivity contribution in [2.75, 3.05) is 20.1 Å². The minimum absolute atomic E-state index is 0.118. The molecule has 8 heteroatoms. The normalized spacial score (nSPS) is 15.4. The SMILES string of the molecule is Cc1cc(-c2ccc(C3CCN(C)CC3)cc2)cc(C(=O)N[C@@H](c2nc(C)cs2)c2cc(F)ccc2O)n1. The quantitative estimate of drug-likeness (QED) is 0.320. The van der Waals surface area contributed by atoms with Gasteiger partial charge in [-0.2, -0.15) is 0 Å². The van der Waals surface area contributed by atoms with Gasteiger partial charge in [0.2, 0.25) is 0 Å². The molecule has 1 fully saturated rings. The molecule has 2 aromatic carbocycles. The molecule has 0 bridgehead atoms. The van der Waals surface area contributed by atoms with E-state index in [9.17, 15) is 14.3 Å².